The van der Waals surface area contributed by atoms with Crippen molar-refractivity contribution in [2.45, 2.75) is 12.6 Å². The lowest BCUT2D eigenvalue weighted by molar-refractivity contribution is -0.120. The molecule has 0 saturated heterocycles. The van der Waals surface area contributed by atoms with Gasteiger partial charge in [-0.3, -0.25) is 4.99 Å². The second kappa shape index (κ2) is 4.33. The van der Waals surface area contributed by atoms with E-state index in [1.807, 2.05) is 0 Å². The average molecular weight is 187 g/mol. The summed E-state index contributed by atoms with van der Waals surface area (Å²) in [5.41, 5.74) is 0. The number of alkyl halides is 3. The molecule has 0 N–H and O–H groups in total. The molecule has 0 heterocycles. The van der Waals surface area contributed by atoms with E-state index < -0.39 is 12.6 Å². The van der Waals surface area contributed by atoms with Crippen molar-refractivity contribution in [3.05, 3.63) is 0 Å². The second-order valence-electron chi connectivity index (χ2n) is 1.62. The van der Waals surface area contributed by atoms with E-state index >= 15 is 0 Å². The van der Waals surface area contributed by atoms with Gasteiger partial charge in [0, 0.05) is 13.3 Å². The van der Waals surface area contributed by atoms with Gasteiger partial charge < -0.3 is 0 Å². The maximum Gasteiger partial charge on any atom is 0.393 e. The third-order valence-electron chi connectivity index (χ3n) is 0.705. The van der Waals surface area contributed by atoms with E-state index in [1.54, 1.807) is 0 Å². The van der Waals surface area contributed by atoms with E-state index in [2.05, 4.69) is 9.98 Å². The third-order valence-corrected chi connectivity index (χ3v) is 0.972. The Morgan fingerprint density at radius 3 is 2.45 bits per heavy atom. The summed E-state index contributed by atoms with van der Waals surface area (Å²) in [6.45, 7) is 0. The molecule has 0 atom stereocenters. The minimum absolute atomic E-state index is 0.186. The van der Waals surface area contributed by atoms with Crippen molar-refractivity contribution in [2.75, 3.05) is 7.05 Å². The quantitative estimate of drug-likeness (QED) is 0.341. The molecule has 0 bridgehead atoms. The second-order valence-corrected chi connectivity index (χ2v) is 1.96. The van der Waals surface area contributed by atoms with Crippen LogP contribution in [0.3, 0.4) is 0 Å². The maximum atomic E-state index is 11.4. The lowest BCUT2D eigenvalue weighted by atomic mass is 10.5. The van der Waals surface area contributed by atoms with Crippen LogP contribution in [0.15, 0.2) is 9.98 Å². The lowest BCUT2D eigenvalue weighted by Crippen LogP contribution is -2.07. The fourth-order valence-electron chi connectivity index (χ4n) is 0.282. The van der Waals surface area contributed by atoms with Crippen molar-refractivity contribution in [1.82, 2.24) is 0 Å². The number of amidine groups is 1. The molecule has 64 valence electrons. The summed E-state index contributed by atoms with van der Waals surface area (Å²) in [5.74, 6) is 0. The Labute approximate surface area is 66.8 Å². The molecular weight excluding hydrogens is 181 g/mol. The van der Waals surface area contributed by atoms with Gasteiger partial charge in [0.05, 0.1) is 6.42 Å². The molecule has 0 rings (SSSR count). The van der Waals surface area contributed by atoms with Crippen LogP contribution in [-0.2, 0) is 0 Å². The molecule has 2 nitrogen and oxygen atoms in total. The van der Waals surface area contributed by atoms with E-state index in [0.29, 0.717) is 6.21 Å². The number of aliphatic imine (C=N–C) groups is 2. The van der Waals surface area contributed by atoms with Crippen LogP contribution in [0.4, 0.5) is 13.2 Å². The Hall–Kier alpha value is -0.580. The largest absolute Gasteiger partial charge is 0.393 e. The number of rotatable bonds is 1. The van der Waals surface area contributed by atoms with E-state index in [4.69, 9.17) is 11.6 Å². The SMILES string of the molecule is CN=C(Cl)/N=C\CC(F)(F)F. The predicted octanol–water partition coefficient (Wildman–Crippen LogP) is 2.23. The molecule has 0 spiro atoms. The third kappa shape index (κ3) is 7.32. The highest BCUT2D eigenvalue weighted by Gasteiger charge is 2.25. The molecular formula is C5H6ClF3N2. The van der Waals surface area contributed by atoms with Crippen LogP contribution in [0, 0.1) is 0 Å². The van der Waals surface area contributed by atoms with Crippen LogP contribution >= 0.6 is 11.6 Å². The fourth-order valence-corrected chi connectivity index (χ4v) is 0.351. The van der Waals surface area contributed by atoms with E-state index in [-0.39, 0.29) is 5.29 Å². The topological polar surface area (TPSA) is 24.7 Å². The summed E-state index contributed by atoms with van der Waals surface area (Å²) in [6.07, 6.45) is -4.64. The average Bonchev–Trinajstić information content (AvgIpc) is 1.85. The van der Waals surface area contributed by atoms with Crippen molar-refractivity contribution < 1.29 is 13.2 Å². The Morgan fingerprint density at radius 1 is 1.55 bits per heavy atom. The molecule has 11 heavy (non-hydrogen) atoms. The zero-order valence-corrected chi connectivity index (χ0v) is 6.45. The predicted molar refractivity (Wildman–Crippen MR) is 38.4 cm³/mol. The molecule has 0 aromatic heterocycles. The van der Waals surface area contributed by atoms with E-state index in [1.165, 1.54) is 7.05 Å². The number of nitrogens with zero attached hydrogens (tertiary/aromatic N) is 2. The standard InChI is InChI=1S/C5H6ClF3N2/c1-10-4(6)11-3-2-5(7,8)9/h3H,2H2,1H3/b10-4?,11-3-. The van der Waals surface area contributed by atoms with Crippen LogP contribution in [0.1, 0.15) is 6.42 Å². The summed E-state index contributed by atoms with van der Waals surface area (Å²) in [6, 6.07) is 0. The van der Waals surface area contributed by atoms with E-state index in [0.717, 1.165) is 0 Å². The van der Waals surface area contributed by atoms with Gasteiger partial charge in [0.25, 0.3) is 0 Å². The molecule has 0 aliphatic heterocycles. The van der Waals surface area contributed by atoms with Gasteiger partial charge >= 0.3 is 6.18 Å². The van der Waals surface area contributed by atoms with Gasteiger partial charge in [-0.2, -0.15) is 13.2 Å². The van der Waals surface area contributed by atoms with Gasteiger partial charge in [0.2, 0.25) is 5.29 Å². The van der Waals surface area contributed by atoms with Crippen molar-refractivity contribution in [1.29, 1.82) is 0 Å². The Balaban J connectivity index is 3.79. The van der Waals surface area contributed by atoms with Crippen molar-refractivity contribution in [3.8, 4) is 0 Å². The van der Waals surface area contributed by atoms with Gasteiger partial charge in [-0.05, 0) is 11.6 Å². The molecule has 0 radical (unpaired) electrons. The first-order chi connectivity index (χ1) is 4.95. The zero-order chi connectivity index (χ0) is 8.91. The normalized spacial score (nSPS) is 14.5. The summed E-state index contributed by atoms with van der Waals surface area (Å²) in [4.78, 5) is 6.52. The monoisotopic (exact) mass is 186 g/mol. The number of halogens is 4. The molecule has 0 aliphatic rings. The molecule has 0 unspecified atom stereocenters. The molecule has 0 aromatic carbocycles. The molecule has 0 saturated carbocycles. The highest BCUT2D eigenvalue weighted by molar-refractivity contribution is 6.65. The Kier molecular flexibility index (Phi) is 4.10. The van der Waals surface area contributed by atoms with Crippen molar-refractivity contribution in [2.24, 2.45) is 9.98 Å². The lowest BCUT2D eigenvalue weighted by Gasteiger charge is -1.98. The molecule has 0 aliphatic carbocycles. The summed E-state index contributed by atoms with van der Waals surface area (Å²) in [7, 11) is 1.34. The first-order valence-corrected chi connectivity index (χ1v) is 3.05. The minimum Gasteiger partial charge on any atom is -0.260 e. The van der Waals surface area contributed by atoms with Gasteiger partial charge in [-0.1, -0.05) is 0 Å². The maximum absolute atomic E-state index is 11.4. The zero-order valence-electron chi connectivity index (χ0n) is 5.69. The number of hydrogen-bond acceptors (Lipinski definition) is 1. The van der Waals surface area contributed by atoms with Crippen LogP contribution in [0.5, 0.6) is 0 Å². The fraction of sp³-hybridized carbons (Fsp3) is 0.600. The van der Waals surface area contributed by atoms with Crippen LogP contribution < -0.4 is 0 Å². The van der Waals surface area contributed by atoms with Gasteiger partial charge in [0.15, 0.2) is 0 Å². The van der Waals surface area contributed by atoms with Crippen LogP contribution in [-0.4, -0.2) is 24.7 Å². The molecule has 0 aromatic rings. The molecule has 6 heteroatoms. The minimum atomic E-state index is -4.23. The first-order valence-electron chi connectivity index (χ1n) is 2.67. The Bertz CT molecular complexity index is 173. The highest BCUT2D eigenvalue weighted by Crippen LogP contribution is 2.17. The van der Waals surface area contributed by atoms with Gasteiger partial charge in [0.1, 0.15) is 0 Å². The van der Waals surface area contributed by atoms with E-state index in [9.17, 15) is 13.2 Å². The summed E-state index contributed by atoms with van der Waals surface area (Å²) < 4.78 is 34.3. The molecule has 0 fully saturated rings. The molecule has 0 amide bonds. The van der Waals surface area contributed by atoms with Crippen LogP contribution in [0.25, 0.3) is 0 Å². The summed E-state index contributed by atoms with van der Waals surface area (Å²) >= 11 is 5.18. The summed E-state index contributed by atoms with van der Waals surface area (Å²) in [5, 5.41) is -0.186. The van der Waals surface area contributed by atoms with Crippen molar-refractivity contribution >= 4 is 23.1 Å². The number of hydrogen-bond donors (Lipinski definition) is 0. The van der Waals surface area contributed by atoms with Crippen molar-refractivity contribution in [3.63, 3.8) is 0 Å². The van der Waals surface area contributed by atoms with Crippen LogP contribution in [0.2, 0.25) is 0 Å². The highest BCUT2D eigenvalue weighted by atomic mass is 35.5. The smallest absolute Gasteiger partial charge is 0.260 e. The van der Waals surface area contributed by atoms with Gasteiger partial charge in [-0.15, -0.1) is 0 Å². The van der Waals surface area contributed by atoms with Gasteiger partial charge in [-0.25, -0.2) is 4.99 Å². The first kappa shape index (κ1) is 10.4. The Morgan fingerprint density at radius 2 is 2.09 bits per heavy atom.